The fourth-order valence-electron chi connectivity index (χ4n) is 1.87. The van der Waals surface area contributed by atoms with Gasteiger partial charge in [0.15, 0.2) is 0 Å². The molecule has 0 bridgehead atoms. The van der Waals surface area contributed by atoms with Gasteiger partial charge >= 0.3 is 0 Å². The van der Waals surface area contributed by atoms with E-state index in [0.717, 1.165) is 19.4 Å². The number of nitrogens with one attached hydrogen (secondary N) is 2. The van der Waals surface area contributed by atoms with E-state index in [4.69, 9.17) is 10.5 Å². The summed E-state index contributed by atoms with van der Waals surface area (Å²) in [6, 6.07) is 3.24. The number of anilines is 2. The van der Waals surface area contributed by atoms with Crippen LogP contribution in [0.5, 0.6) is 5.88 Å². The summed E-state index contributed by atoms with van der Waals surface area (Å²) in [7, 11) is 0. The van der Waals surface area contributed by atoms with Gasteiger partial charge < -0.3 is 21.1 Å². The van der Waals surface area contributed by atoms with Gasteiger partial charge in [-0.2, -0.15) is 4.98 Å². The maximum atomic E-state index is 11.6. The molecule has 0 aromatic carbocycles. The minimum atomic E-state index is -0.232. The Kier molecular flexibility index (Phi) is 3.86. The first-order valence-electron chi connectivity index (χ1n) is 6.14. The third-order valence-corrected chi connectivity index (χ3v) is 2.78. The largest absolute Gasteiger partial charge is 0.476 e. The first kappa shape index (κ1) is 12.5. The molecule has 1 fully saturated rings. The van der Waals surface area contributed by atoms with E-state index in [1.54, 1.807) is 12.1 Å². The van der Waals surface area contributed by atoms with Crippen molar-refractivity contribution in [2.45, 2.75) is 25.8 Å². The molecule has 1 amide bonds. The molecule has 0 aliphatic carbocycles. The third-order valence-electron chi connectivity index (χ3n) is 2.78. The van der Waals surface area contributed by atoms with Gasteiger partial charge in [-0.15, -0.1) is 0 Å². The average Bonchev–Trinajstić information content (AvgIpc) is 2.36. The Hall–Kier alpha value is -1.98. The smallest absolute Gasteiger partial charge is 0.242 e. The van der Waals surface area contributed by atoms with E-state index in [2.05, 4.69) is 15.6 Å². The Bertz CT molecular complexity index is 436. The first-order valence-corrected chi connectivity index (χ1v) is 6.14. The monoisotopic (exact) mass is 250 g/mol. The molecule has 2 rings (SSSR count). The summed E-state index contributed by atoms with van der Waals surface area (Å²) in [5.74, 6) is 1.02. The third kappa shape index (κ3) is 2.82. The fourth-order valence-corrected chi connectivity index (χ4v) is 1.87. The Morgan fingerprint density at radius 3 is 3.17 bits per heavy atom. The van der Waals surface area contributed by atoms with Gasteiger partial charge in [-0.3, -0.25) is 4.79 Å². The van der Waals surface area contributed by atoms with Gasteiger partial charge in [0, 0.05) is 6.54 Å². The van der Waals surface area contributed by atoms with Gasteiger partial charge in [-0.25, -0.2) is 0 Å². The molecule has 4 N–H and O–H groups in total. The molecule has 1 aliphatic rings. The van der Waals surface area contributed by atoms with Crippen molar-refractivity contribution in [2.24, 2.45) is 0 Å². The van der Waals surface area contributed by atoms with Crippen molar-refractivity contribution < 1.29 is 9.53 Å². The number of ether oxygens (including phenoxy) is 1. The highest BCUT2D eigenvalue weighted by atomic mass is 16.5. The van der Waals surface area contributed by atoms with E-state index in [1.807, 2.05) is 6.92 Å². The summed E-state index contributed by atoms with van der Waals surface area (Å²) >= 11 is 0. The van der Waals surface area contributed by atoms with Crippen LogP contribution in [0.25, 0.3) is 0 Å². The number of pyridine rings is 1. The van der Waals surface area contributed by atoms with Crippen molar-refractivity contribution in [2.75, 3.05) is 24.2 Å². The molecule has 0 spiro atoms. The SMILES string of the molecule is CCOc1nc(NC2CCCNC2=O)ccc1N. The number of hydrogen-bond donors (Lipinski definition) is 3. The lowest BCUT2D eigenvalue weighted by molar-refractivity contribution is -0.123. The van der Waals surface area contributed by atoms with E-state index in [0.29, 0.717) is 24.0 Å². The number of nitrogens with zero attached hydrogens (tertiary/aromatic N) is 1. The zero-order valence-electron chi connectivity index (χ0n) is 10.4. The summed E-state index contributed by atoms with van der Waals surface area (Å²) in [6.45, 7) is 3.12. The van der Waals surface area contributed by atoms with Gasteiger partial charge in [0.1, 0.15) is 11.9 Å². The molecule has 1 aliphatic heterocycles. The predicted molar refractivity (Wildman–Crippen MR) is 69.5 cm³/mol. The van der Waals surface area contributed by atoms with Crippen LogP contribution < -0.4 is 21.1 Å². The number of hydrogen-bond acceptors (Lipinski definition) is 5. The predicted octanol–water partition coefficient (Wildman–Crippen LogP) is 0.753. The van der Waals surface area contributed by atoms with Crippen molar-refractivity contribution in [3.8, 4) is 5.88 Å². The summed E-state index contributed by atoms with van der Waals surface area (Å²) in [5, 5.41) is 5.92. The highest BCUT2D eigenvalue weighted by Crippen LogP contribution is 2.21. The van der Waals surface area contributed by atoms with Crippen LogP contribution >= 0.6 is 0 Å². The van der Waals surface area contributed by atoms with Crippen molar-refractivity contribution in [3.63, 3.8) is 0 Å². The quantitative estimate of drug-likeness (QED) is 0.734. The van der Waals surface area contributed by atoms with Crippen LogP contribution in [0.15, 0.2) is 12.1 Å². The molecule has 0 saturated carbocycles. The Morgan fingerprint density at radius 2 is 2.44 bits per heavy atom. The fraction of sp³-hybridized carbons (Fsp3) is 0.500. The molecule has 18 heavy (non-hydrogen) atoms. The lowest BCUT2D eigenvalue weighted by Gasteiger charge is -2.23. The Balaban J connectivity index is 2.08. The van der Waals surface area contributed by atoms with Crippen LogP contribution in [0.3, 0.4) is 0 Å². The van der Waals surface area contributed by atoms with Gasteiger partial charge in [0.25, 0.3) is 0 Å². The van der Waals surface area contributed by atoms with Crippen LogP contribution in [-0.2, 0) is 4.79 Å². The van der Waals surface area contributed by atoms with Gasteiger partial charge in [-0.05, 0) is 31.9 Å². The zero-order valence-corrected chi connectivity index (χ0v) is 10.4. The average molecular weight is 250 g/mol. The standard InChI is InChI=1S/C12H18N4O2/c1-2-18-12-8(13)5-6-10(16-12)15-9-4-3-7-14-11(9)17/h5-6,9H,2-4,7,13H2,1H3,(H,14,17)(H,15,16). The van der Waals surface area contributed by atoms with Gasteiger partial charge in [0.2, 0.25) is 11.8 Å². The molecule has 1 aromatic rings. The van der Waals surface area contributed by atoms with Crippen LogP contribution in [0.2, 0.25) is 0 Å². The molecule has 0 radical (unpaired) electrons. The minimum absolute atomic E-state index is 0.0119. The van der Waals surface area contributed by atoms with Crippen molar-refractivity contribution >= 4 is 17.4 Å². The number of nitrogen functional groups attached to an aromatic ring is 1. The molecule has 2 heterocycles. The van der Waals surface area contributed by atoms with Crippen LogP contribution in [-0.4, -0.2) is 30.1 Å². The summed E-state index contributed by atoms with van der Waals surface area (Å²) in [4.78, 5) is 15.9. The molecule has 1 unspecified atom stereocenters. The molecule has 6 heteroatoms. The normalized spacial score (nSPS) is 19.2. The van der Waals surface area contributed by atoms with Crippen LogP contribution in [0, 0.1) is 0 Å². The molecule has 98 valence electrons. The lowest BCUT2D eigenvalue weighted by Crippen LogP contribution is -2.44. The van der Waals surface area contributed by atoms with Crippen molar-refractivity contribution in [3.05, 3.63) is 12.1 Å². The number of nitrogens with two attached hydrogens (primary N) is 1. The maximum Gasteiger partial charge on any atom is 0.242 e. The molecule has 1 saturated heterocycles. The number of aromatic nitrogens is 1. The molecule has 1 atom stereocenters. The van der Waals surface area contributed by atoms with E-state index >= 15 is 0 Å². The molecular weight excluding hydrogens is 232 g/mol. The van der Waals surface area contributed by atoms with Gasteiger partial charge in [0.05, 0.1) is 12.3 Å². The Labute approximate surface area is 106 Å². The Morgan fingerprint density at radius 1 is 1.61 bits per heavy atom. The maximum absolute atomic E-state index is 11.6. The summed E-state index contributed by atoms with van der Waals surface area (Å²) in [5.41, 5.74) is 6.24. The molecule has 6 nitrogen and oxygen atoms in total. The number of carbonyl (C=O) groups is 1. The number of carbonyl (C=O) groups excluding carboxylic acids is 1. The van der Waals surface area contributed by atoms with Gasteiger partial charge in [-0.1, -0.05) is 0 Å². The summed E-state index contributed by atoms with van der Waals surface area (Å²) < 4.78 is 5.32. The van der Waals surface area contributed by atoms with Crippen molar-refractivity contribution in [1.82, 2.24) is 10.3 Å². The number of rotatable bonds is 4. The van der Waals surface area contributed by atoms with Crippen LogP contribution in [0.1, 0.15) is 19.8 Å². The van der Waals surface area contributed by atoms with Crippen molar-refractivity contribution in [1.29, 1.82) is 0 Å². The second-order valence-electron chi connectivity index (χ2n) is 4.15. The summed E-state index contributed by atoms with van der Waals surface area (Å²) in [6.07, 6.45) is 1.78. The van der Waals surface area contributed by atoms with E-state index in [-0.39, 0.29) is 11.9 Å². The lowest BCUT2D eigenvalue weighted by atomic mass is 10.1. The van der Waals surface area contributed by atoms with E-state index < -0.39 is 0 Å². The van der Waals surface area contributed by atoms with Crippen LogP contribution in [0.4, 0.5) is 11.5 Å². The number of amides is 1. The van der Waals surface area contributed by atoms with E-state index in [9.17, 15) is 4.79 Å². The second kappa shape index (κ2) is 5.57. The highest BCUT2D eigenvalue weighted by molar-refractivity contribution is 5.85. The topological polar surface area (TPSA) is 89.3 Å². The second-order valence-corrected chi connectivity index (χ2v) is 4.15. The number of piperidine rings is 1. The minimum Gasteiger partial charge on any atom is -0.476 e. The van der Waals surface area contributed by atoms with E-state index in [1.165, 1.54) is 0 Å². The molecule has 1 aromatic heterocycles. The zero-order chi connectivity index (χ0) is 13.0. The first-order chi connectivity index (χ1) is 8.70. The molecular formula is C12H18N4O2. The highest BCUT2D eigenvalue weighted by Gasteiger charge is 2.22.